The topological polar surface area (TPSA) is 46.5 Å². The smallest absolute Gasteiger partial charge is 0.330 e. The molecule has 1 aromatic carbocycles. The van der Waals surface area contributed by atoms with E-state index in [9.17, 15) is 9.90 Å². The van der Waals surface area contributed by atoms with Crippen LogP contribution >= 0.6 is 0 Å². The van der Waals surface area contributed by atoms with Gasteiger partial charge in [0.1, 0.15) is 5.75 Å². The molecule has 1 rings (SSSR count). The van der Waals surface area contributed by atoms with E-state index in [-0.39, 0.29) is 17.6 Å². The summed E-state index contributed by atoms with van der Waals surface area (Å²) < 4.78 is 4.61. The van der Waals surface area contributed by atoms with Crippen LogP contribution in [0, 0.1) is 5.92 Å². The van der Waals surface area contributed by atoms with Gasteiger partial charge in [0.05, 0.1) is 7.11 Å². The second-order valence-corrected chi connectivity index (χ2v) is 3.82. The van der Waals surface area contributed by atoms with E-state index in [1.54, 1.807) is 24.3 Å². The van der Waals surface area contributed by atoms with Crippen LogP contribution in [-0.4, -0.2) is 18.2 Å². The molecule has 0 heterocycles. The Morgan fingerprint density at radius 2 is 1.88 bits per heavy atom. The summed E-state index contributed by atoms with van der Waals surface area (Å²) in [6, 6.07) is 6.76. The summed E-state index contributed by atoms with van der Waals surface area (Å²) in [7, 11) is 1.35. The van der Waals surface area contributed by atoms with Crippen molar-refractivity contribution in [1.29, 1.82) is 0 Å². The van der Waals surface area contributed by atoms with Gasteiger partial charge in [0.15, 0.2) is 0 Å². The maximum Gasteiger partial charge on any atom is 0.330 e. The van der Waals surface area contributed by atoms with Crippen LogP contribution in [0.2, 0.25) is 0 Å². The number of esters is 1. The number of phenols is 1. The van der Waals surface area contributed by atoms with Crippen molar-refractivity contribution in [3.05, 3.63) is 35.9 Å². The largest absolute Gasteiger partial charge is 0.508 e. The first-order chi connectivity index (χ1) is 7.54. The SMILES string of the molecule is COC(=O)C=C(c1ccc(O)cc1)C(C)C. The van der Waals surface area contributed by atoms with Crippen molar-refractivity contribution in [3.63, 3.8) is 0 Å². The highest BCUT2D eigenvalue weighted by Gasteiger charge is 2.09. The van der Waals surface area contributed by atoms with Crippen LogP contribution in [0.4, 0.5) is 0 Å². The Kier molecular flexibility index (Phi) is 4.11. The van der Waals surface area contributed by atoms with Gasteiger partial charge in [-0.15, -0.1) is 0 Å². The predicted octanol–water partition coefficient (Wildman–Crippen LogP) is 2.60. The number of phenolic OH excluding ortho intramolecular Hbond substituents is 1. The highest BCUT2D eigenvalue weighted by Crippen LogP contribution is 2.24. The normalized spacial score (nSPS) is 11.6. The molecule has 0 atom stereocenters. The molecule has 0 radical (unpaired) electrons. The molecule has 0 fully saturated rings. The monoisotopic (exact) mass is 220 g/mol. The molecule has 0 aromatic heterocycles. The summed E-state index contributed by atoms with van der Waals surface area (Å²) in [5, 5.41) is 9.19. The molecule has 3 nitrogen and oxygen atoms in total. The standard InChI is InChI=1S/C13H16O3/c1-9(2)12(8-13(15)16-3)10-4-6-11(14)7-5-10/h4-9,14H,1-3H3. The number of benzene rings is 1. The first kappa shape index (κ1) is 12.3. The van der Waals surface area contributed by atoms with Crippen LogP contribution < -0.4 is 0 Å². The van der Waals surface area contributed by atoms with E-state index >= 15 is 0 Å². The summed E-state index contributed by atoms with van der Waals surface area (Å²) in [4.78, 5) is 11.2. The zero-order valence-electron chi connectivity index (χ0n) is 9.73. The minimum Gasteiger partial charge on any atom is -0.508 e. The summed E-state index contributed by atoms with van der Waals surface area (Å²) in [5.74, 6) is 0.0605. The van der Waals surface area contributed by atoms with Gasteiger partial charge in [-0.2, -0.15) is 0 Å². The molecular weight excluding hydrogens is 204 g/mol. The van der Waals surface area contributed by atoms with Crippen molar-refractivity contribution >= 4 is 11.5 Å². The first-order valence-corrected chi connectivity index (χ1v) is 5.13. The van der Waals surface area contributed by atoms with Crippen LogP contribution in [0.1, 0.15) is 19.4 Å². The van der Waals surface area contributed by atoms with E-state index in [1.807, 2.05) is 13.8 Å². The molecule has 16 heavy (non-hydrogen) atoms. The summed E-state index contributed by atoms with van der Waals surface area (Å²) in [6.07, 6.45) is 1.48. The first-order valence-electron chi connectivity index (χ1n) is 5.13. The van der Waals surface area contributed by atoms with Gasteiger partial charge in [-0.1, -0.05) is 26.0 Å². The molecule has 0 unspecified atom stereocenters. The summed E-state index contributed by atoms with van der Waals surface area (Å²) in [6.45, 7) is 4.00. The molecule has 86 valence electrons. The molecule has 0 aliphatic carbocycles. The van der Waals surface area contributed by atoms with Gasteiger partial charge >= 0.3 is 5.97 Å². The molecule has 1 aromatic rings. The van der Waals surface area contributed by atoms with Crippen molar-refractivity contribution < 1.29 is 14.6 Å². The molecule has 0 saturated heterocycles. The molecule has 0 aliphatic heterocycles. The van der Waals surface area contributed by atoms with E-state index in [0.29, 0.717) is 0 Å². The molecule has 3 heteroatoms. The van der Waals surface area contributed by atoms with E-state index in [4.69, 9.17) is 0 Å². The quantitative estimate of drug-likeness (QED) is 0.629. The third kappa shape index (κ3) is 3.12. The maximum absolute atomic E-state index is 11.2. The lowest BCUT2D eigenvalue weighted by Crippen LogP contribution is -2.01. The average molecular weight is 220 g/mol. The number of aromatic hydroxyl groups is 1. The number of methoxy groups -OCH3 is 1. The Morgan fingerprint density at radius 1 is 1.31 bits per heavy atom. The molecule has 0 saturated carbocycles. The maximum atomic E-state index is 11.2. The average Bonchev–Trinajstić information content (AvgIpc) is 2.26. The van der Waals surface area contributed by atoms with Crippen molar-refractivity contribution in [3.8, 4) is 5.75 Å². The zero-order valence-corrected chi connectivity index (χ0v) is 9.73. The summed E-state index contributed by atoms with van der Waals surface area (Å²) >= 11 is 0. The Bertz CT molecular complexity index is 388. The predicted molar refractivity (Wildman–Crippen MR) is 62.9 cm³/mol. The van der Waals surface area contributed by atoms with E-state index in [1.165, 1.54) is 13.2 Å². The molecule has 0 amide bonds. The Balaban J connectivity index is 3.08. The van der Waals surface area contributed by atoms with Crippen molar-refractivity contribution in [2.75, 3.05) is 7.11 Å². The number of rotatable bonds is 3. The Labute approximate surface area is 95.4 Å². The number of hydrogen-bond acceptors (Lipinski definition) is 3. The minimum absolute atomic E-state index is 0.212. The summed E-state index contributed by atoms with van der Waals surface area (Å²) in [5.41, 5.74) is 1.81. The van der Waals surface area contributed by atoms with Gasteiger partial charge < -0.3 is 9.84 Å². The lowest BCUT2D eigenvalue weighted by atomic mass is 9.95. The van der Waals surface area contributed by atoms with Crippen LogP contribution in [0.5, 0.6) is 5.75 Å². The molecule has 0 bridgehead atoms. The van der Waals surface area contributed by atoms with Gasteiger partial charge in [0.2, 0.25) is 0 Å². The van der Waals surface area contributed by atoms with Crippen LogP contribution in [0.3, 0.4) is 0 Å². The van der Waals surface area contributed by atoms with E-state index in [2.05, 4.69) is 4.74 Å². The van der Waals surface area contributed by atoms with Crippen molar-refractivity contribution in [2.24, 2.45) is 5.92 Å². The fraction of sp³-hybridized carbons (Fsp3) is 0.308. The number of carbonyl (C=O) groups excluding carboxylic acids is 1. The fourth-order valence-electron chi connectivity index (χ4n) is 1.42. The van der Waals surface area contributed by atoms with Crippen LogP contribution in [0.25, 0.3) is 5.57 Å². The Morgan fingerprint density at radius 3 is 2.31 bits per heavy atom. The number of hydrogen-bond donors (Lipinski definition) is 1. The molecule has 0 spiro atoms. The molecule has 1 N–H and O–H groups in total. The molecule has 0 aliphatic rings. The lowest BCUT2D eigenvalue weighted by molar-refractivity contribution is -0.134. The van der Waals surface area contributed by atoms with Gasteiger partial charge in [0, 0.05) is 6.08 Å². The number of allylic oxidation sites excluding steroid dienone is 1. The minimum atomic E-state index is -0.364. The number of carbonyl (C=O) groups is 1. The second-order valence-electron chi connectivity index (χ2n) is 3.82. The Hall–Kier alpha value is -1.77. The number of ether oxygens (including phenoxy) is 1. The molecular formula is C13H16O3. The lowest BCUT2D eigenvalue weighted by Gasteiger charge is -2.11. The van der Waals surface area contributed by atoms with Crippen molar-refractivity contribution in [2.45, 2.75) is 13.8 Å². The van der Waals surface area contributed by atoms with E-state index in [0.717, 1.165) is 11.1 Å². The van der Waals surface area contributed by atoms with Gasteiger partial charge in [-0.3, -0.25) is 0 Å². The third-order valence-electron chi connectivity index (χ3n) is 2.30. The zero-order chi connectivity index (χ0) is 12.1. The van der Waals surface area contributed by atoms with E-state index < -0.39 is 0 Å². The third-order valence-corrected chi connectivity index (χ3v) is 2.30. The van der Waals surface area contributed by atoms with Crippen molar-refractivity contribution in [1.82, 2.24) is 0 Å². The second kappa shape index (κ2) is 5.35. The van der Waals surface area contributed by atoms with Gasteiger partial charge in [-0.25, -0.2) is 4.79 Å². The van der Waals surface area contributed by atoms with Crippen LogP contribution in [0.15, 0.2) is 30.3 Å². The van der Waals surface area contributed by atoms with Crippen LogP contribution in [-0.2, 0) is 9.53 Å². The van der Waals surface area contributed by atoms with Gasteiger partial charge in [0.25, 0.3) is 0 Å². The van der Waals surface area contributed by atoms with Gasteiger partial charge in [-0.05, 0) is 29.2 Å². The highest BCUT2D eigenvalue weighted by molar-refractivity contribution is 5.91. The highest BCUT2D eigenvalue weighted by atomic mass is 16.5. The fourth-order valence-corrected chi connectivity index (χ4v) is 1.42.